The first-order valence-electron chi connectivity index (χ1n) is 4.71. The van der Waals surface area contributed by atoms with Gasteiger partial charge in [-0.3, -0.25) is 4.79 Å². The molecular weight excluding hydrogens is 186 g/mol. The molecule has 1 heterocycles. The summed E-state index contributed by atoms with van der Waals surface area (Å²) in [6.45, 7) is 2.67. The van der Waals surface area contributed by atoms with Gasteiger partial charge in [0, 0.05) is 6.54 Å². The Morgan fingerprint density at radius 1 is 1.43 bits per heavy atom. The summed E-state index contributed by atoms with van der Waals surface area (Å²) >= 11 is 0. The standard InChI is InChI=1S/C9H15NO4/c1-3-4-5-10-8(11)6-7(14-6)9(12)13-2/h6-7H,3-5H2,1-2H3,(H,10,11). The molecule has 1 saturated heterocycles. The predicted octanol–water partition coefficient (Wildman–Crippen LogP) is -0.157. The minimum Gasteiger partial charge on any atom is -0.467 e. The second-order valence-corrected chi connectivity index (χ2v) is 3.15. The van der Waals surface area contributed by atoms with Gasteiger partial charge in [-0.2, -0.15) is 0 Å². The van der Waals surface area contributed by atoms with Gasteiger partial charge < -0.3 is 14.8 Å². The van der Waals surface area contributed by atoms with Crippen LogP contribution in [0.25, 0.3) is 0 Å². The molecular formula is C9H15NO4. The van der Waals surface area contributed by atoms with Crippen molar-refractivity contribution in [1.82, 2.24) is 5.32 Å². The molecule has 1 fully saturated rings. The molecule has 5 nitrogen and oxygen atoms in total. The van der Waals surface area contributed by atoms with Gasteiger partial charge in [0.15, 0.2) is 12.2 Å². The summed E-state index contributed by atoms with van der Waals surface area (Å²) in [5, 5.41) is 2.68. The Hall–Kier alpha value is -1.10. The van der Waals surface area contributed by atoms with E-state index in [1.54, 1.807) is 0 Å². The van der Waals surface area contributed by atoms with Crippen molar-refractivity contribution < 1.29 is 19.1 Å². The first kappa shape index (κ1) is 11.0. The van der Waals surface area contributed by atoms with Crippen molar-refractivity contribution in [2.75, 3.05) is 13.7 Å². The number of esters is 1. The van der Waals surface area contributed by atoms with E-state index in [1.807, 2.05) is 6.92 Å². The molecule has 0 aliphatic carbocycles. The predicted molar refractivity (Wildman–Crippen MR) is 48.6 cm³/mol. The van der Waals surface area contributed by atoms with E-state index in [9.17, 15) is 9.59 Å². The molecule has 1 rings (SSSR count). The molecule has 1 aliphatic rings. The lowest BCUT2D eigenvalue weighted by molar-refractivity contribution is -0.142. The molecule has 0 aromatic carbocycles. The van der Waals surface area contributed by atoms with Crippen LogP contribution in [0.15, 0.2) is 0 Å². The third kappa shape index (κ3) is 2.70. The fourth-order valence-corrected chi connectivity index (χ4v) is 1.10. The fraction of sp³-hybridized carbons (Fsp3) is 0.778. The van der Waals surface area contributed by atoms with E-state index in [2.05, 4.69) is 10.1 Å². The quantitative estimate of drug-likeness (QED) is 0.381. The molecule has 1 N–H and O–H groups in total. The maximum Gasteiger partial charge on any atom is 0.338 e. The maximum atomic E-state index is 11.3. The normalized spacial score (nSPS) is 24.1. The van der Waals surface area contributed by atoms with Gasteiger partial charge >= 0.3 is 5.97 Å². The summed E-state index contributed by atoms with van der Waals surface area (Å²) < 4.78 is 9.31. The van der Waals surface area contributed by atoms with E-state index in [-0.39, 0.29) is 5.91 Å². The van der Waals surface area contributed by atoms with Crippen molar-refractivity contribution in [3.8, 4) is 0 Å². The Kier molecular flexibility index (Phi) is 3.88. The Morgan fingerprint density at radius 2 is 2.14 bits per heavy atom. The summed E-state index contributed by atoms with van der Waals surface area (Å²) in [5.74, 6) is -0.713. The lowest BCUT2D eigenvalue weighted by Crippen LogP contribution is -2.31. The lowest BCUT2D eigenvalue weighted by atomic mass is 10.3. The van der Waals surface area contributed by atoms with Crippen molar-refractivity contribution in [1.29, 1.82) is 0 Å². The van der Waals surface area contributed by atoms with E-state index in [0.29, 0.717) is 6.54 Å². The molecule has 0 spiro atoms. The van der Waals surface area contributed by atoms with Gasteiger partial charge in [-0.1, -0.05) is 13.3 Å². The molecule has 2 atom stereocenters. The van der Waals surface area contributed by atoms with Crippen molar-refractivity contribution in [3.05, 3.63) is 0 Å². The van der Waals surface area contributed by atoms with Gasteiger partial charge in [-0.15, -0.1) is 0 Å². The number of nitrogens with one attached hydrogen (secondary N) is 1. The highest BCUT2D eigenvalue weighted by molar-refractivity contribution is 5.92. The van der Waals surface area contributed by atoms with Gasteiger partial charge in [0.2, 0.25) is 0 Å². The summed E-state index contributed by atoms with van der Waals surface area (Å²) in [4.78, 5) is 22.2. The lowest BCUT2D eigenvalue weighted by Gasteiger charge is -2.00. The van der Waals surface area contributed by atoms with E-state index in [0.717, 1.165) is 12.8 Å². The van der Waals surface area contributed by atoms with Crippen LogP contribution in [0.1, 0.15) is 19.8 Å². The van der Waals surface area contributed by atoms with Gasteiger partial charge in [0.1, 0.15) is 0 Å². The fourth-order valence-electron chi connectivity index (χ4n) is 1.10. The van der Waals surface area contributed by atoms with Crippen LogP contribution in [0, 0.1) is 0 Å². The van der Waals surface area contributed by atoms with Gasteiger partial charge in [0.05, 0.1) is 7.11 Å². The van der Waals surface area contributed by atoms with Gasteiger partial charge in [-0.05, 0) is 6.42 Å². The van der Waals surface area contributed by atoms with Crippen molar-refractivity contribution in [2.24, 2.45) is 0 Å². The summed E-state index contributed by atoms with van der Waals surface area (Å²) in [5.41, 5.74) is 0. The Morgan fingerprint density at radius 3 is 2.71 bits per heavy atom. The zero-order valence-electron chi connectivity index (χ0n) is 8.41. The highest BCUT2D eigenvalue weighted by atomic mass is 16.6. The monoisotopic (exact) mass is 201 g/mol. The third-order valence-corrected chi connectivity index (χ3v) is 2.01. The number of rotatable bonds is 5. The van der Waals surface area contributed by atoms with Crippen LogP contribution in [0.3, 0.4) is 0 Å². The SMILES string of the molecule is CCCCNC(=O)C1OC1C(=O)OC. The Labute approximate surface area is 82.8 Å². The van der Waals surface area contributed by atoms with Crippen LogP contribution < -0.4 is 5.32 Å². The minimum atomic E-state index is -0.693. The highest BCUT2D eigenvalue weighted by Gasteiger charge is 2.51. The number of carbonyl (C=O) groups is 2. The molecule has 1 aliphatic heterocycles. The molecule has 0 bridgehead atoms. The summed E-state index contributed by atoms with van der Waals surface area (Å²) in [7, 11) is 1.27. The molecule has 0 aromatic rings. The third-order valence-electron chi connectivity index (χ3n) is 2.01. The Balaban J connectivity index is 2.19. The summed E-state index contributed by atoms with van der Waals surface area (Å²) in [6.07, 6.45) is 0.619. The average molecular weight is 201 g/mol. The van der Waals surface area contributed by atoms with Crippen LogP contribution in [0.2, 0.25) is 0 Å². The van der Waals surface area contributed by atoms with Crippen LogP contribution in [-0.2, 0) is 19.1 Å². The Bertz CT molecular complexity index is 229. The number of hydrogen-bond acceptors (Lipinski definition) is 4. The van der Waals surface area contributed by atoms with E-state index < -0.39 is 18.2 Å². The van der Waals surface area contributed by atoms with Crippen LogP contribution in [0.4, 0.5) is 0 Å². The zero-order chi connectivity index (χ0) is 10.6. The van der Waals surface area contributed by atoms with Gasteiger partial charge in [-0.25, -0.2) is 4.79 Å². The van der Waals surface area contributed by atoms with Crippen LogP contribution in [0.5, 0.6) is 0 Å². The maximum absolute atomic E-state index is 11.3. The number of unbranched alkanes of at least 4 members (excludes halogenated alkanes) is 1. The molecule has 14 heavy (non-hydrogen) atoms. The van der Waals surface area contributed by atoms with E-state index in [1.165, 1.54) is 7.11 Å². The molecule has 0 radical (unpaired) electrons. The molecule has 1 amide bonds. The number of ether oxygens (including phenoxy) is 2. The van der Waals surface area contributed by atoms with Crippen LogP contribution >= 0.6 is 0 Å². The van der Waals surface area contributed by atoms with E-state index in [4.69, 9.17) is 4.74 Å². The molecule has 5 heteroatoms. The number of amides is 1. The number of hydrogen-bond donors (Lipinski definition) is 1. The first-order chi connectivity index (χ1) is 6.70. The van der Waals surface area contributed by atoms with Gasteiger partial charge in [0.25, 0.3) is 5.91 Å². The first-order valence-corrected chi connectivity index (χ1v) is 4.71. The van der Waals surface area contributed by atoms with Crippen molar-refractivity contribution >= 4 is 11.9 Å². The second kappa shape index (κ2) is 4.95. The molecule has 80 valence electrons. The molecule has 0 aromatic heterocycles. The molecule has 2 unspecified atom stereocenters. The van der Waals surface area contributed by atoms with Crippen LogP contribution in [-0.4, -0.2) is 37.7 Å². The largest absolute Gasteiger partial charge is 0.467 e. The smallest absolute Gasteiger partial charge is 0.338 e. The minimum absolute atomic E-state index is 0.228. The number of carbonyl (C=O) groups excluding carboxylic acids is 2. The van der Waals surface area contributed by atoms with Crippen molar-refractivity contribution in [2.45, 2.75) is 32.0 Å². The average Bonchev–Trinajstić information content (AvgIpc) is 2.96. The molecule has 0 saturated carbocycles. The highest BCUT2D eigenvalue weighted by Crippen LogP contribution is 2.23. The zero-order valence-corrected chi connectivity index (χ0v) is 8.41. The van der Waals surface area contributed by atoms with E-state index >= 15 is 0 Å². The van der Waals surface area contributed by atoms with Crippen molar-refractivity contribution in [3.63, 3.8) is 0 Å². The topological polar surface area (TPSA) is 67.9 Å². The number of epoxide rings is 1. The number of methoxy groups -OCH3 is 1. The summed E-state index contributed by atoms with van der Waals surface area (Å²) in [6, 6.07) is 0. The second-order valence-electron chi connectivity index (χ2n) is 3.15.